The molecule has 4 atom stereocenters. The molecule has 1 aliphatic rings. The van der Waals surface area contributed by atoms with Gasteiger partial charge in [0.2, 0.25) is 5.28 Å². The summed E-state index contributed by atoms with van der Waals surface area (Å²) in [7, 11) is 0. The minimum absolute atomic E-state index is 0.0214. The molecule has 1 aliphatic heterocycles. The Morgan fingerprint density at radius 2 is 2.03 bits per heavy atom. The maximum Gasteiger partial charge on any atom is 0.226 e. The van der Waals surface area contributed by atoms with E-state index in [-0.39, 0.29) is 5.28 Å². The molecule has 1 aromatic carbocycles. The number of nitrogens with one attached hydrogen (secondary N) is 1. The first-order valence-corrected chi connectivity index (χ1v) is 9.55. The van der Waals surface area contributed by atoms with Gasteiger partial charge in [0.05, 0.1) is 31.1 Å². The second kappa shape index (κ2) is 7.83. The van der Waals surface area contributed by atoms with E-state index in [1.807, 2.05) is 30.3 Å². The van der Waals surface area contributed by atoms with Crippen molar-refractivity contribution >= 4 is 28.6 Å². The lowest BCUT2D eigenvalue weighted by Crippen LogP contribution is -2.40. The lowest BCUT2D eigenvalue weighted by atomic mass is 9.82. The van der Waals surface area contributed by atoms with Crippen LogP contribution in [0.5, 0.6) is 0 Å². The molecule has 4 rings (SSSR count). The number of nitrogens with zero attached hydrogens (tertiary/aromatic N) is 4. The Bertz CT molecular complexity index is 1000. The van der Waals surface area contributed by atoms with Crippen molar-refractivity contribution in [2.75, 3.05) is 18.5 Å². The van der Waals surface area contributed by atoms with Crippen LogP contribution in [0, 0.1) is 5.41 Å². The molecule has 0 aliphatic carbocycles. The third-order valence-corrected chi connectivity index (χ3v) is 5.57. The molecule has 10 heteroatoms. The number of ether oxygens (including phenoxy) is 1. The number of aliphatic hydroxyl groups is 2. The Morgan fingerprint density at radius 3 is 2.69 bits per heavy atom. The Balaban J connectivity index is 1.68. The Morgan fingerprint density at radius 1 is 1.28 bits per heavy atom. The molecule has 2 aromatic heterocycles. The molecule has 154 valence electrons. The lowest BCUT2D eigenvalue weighted by Gasteiger charge is -2.27. The second-order valence-electron chi connectivity index (χ2n) is 7.27. The number of aromatic nitrogens is 4. The highest BCUT2D eigenvalue weighted by atomic mass is 35.5. The monoisotopic (exact) mass is 421 g/mol. The van der Waals surface area contributed by atoms with Gasteiger partial charge < -0.3 is 20.3 Å². The number of fused-ring (bicyclic) bond motifs is 1. The molecule has 0 spiro atoms. The van der Waals surface area contributed by atoms with Crippen molar-refractivity contribution in [2.24, 2.45) is 5.41 Å². The Hall–Kier alpha value is -2.33. The number of anilines is 1. The van der Waals surface area contributed by atoms with E-state index in [0.717, 1.165) is 5.56 Å². The summed E-state index contributed by atoms with van der Waals surface area (Å²) in [6.07, 6.45) is -2.16. The third kappa shape index (κ3) is 3.44. The predicted octanol–water partition coefficient (Wildman–Crippen LogP) is 2.32. The first kappa shape index (κ1) is 20.0. The van der Waals surface area contributed by atoms with Gasteiger partial charge in [0.15, 0.2) is 29.4 Å². The van der Waals surface area contributed by atoms with Crippen molar-refractivity contribution in [3.05, 3.63) is 47.5 Å². The van der Waals surface area contributed by atoms with Crippen molar-refractivity contribution in [2.45, 2.75) is 32.0 Å². The molecule has 0 bridgehead atoms. The molecule has 0 saturated carbocycles. The molecule has 0 amide bonds. The SMILES string of the molecule is CC1(CO)[C@@H](CO)O[C@@H](n2cnc3c(NCc4ccccc4)nc(Cl)nc32)[C@@H]1F. The van der Waals surface area contributed by atoms with Crippen molar-refractivity contribution in [3.63, 3.8) is 0 Å². The average molecular weight is 422 g/mol. The summed E-state index contributed by atoms with van der Waals surface area (Å²) in [5.41, 5.74) is 0.509. The molecule has 3 N–H and O–H groups in total. The summed E-state index contributed by atoms with van der Waals surface area (Å²) in [6.45, 7) is 1.14. The maximum absolute atomic E-state index is 15.2. The minimum Gasteiger partial charge on any atom is -0.396 e. The molecule has 1 saturated heterocycles. The van der Waals surface area contributed by atoms with Crippen LogP contribution in [0.25, 0.3) is 11.2 Å². The highest BCUT2D eigenvalue weighted by molar-refractivity contribution is 6.28. The number of rotatable bonds is 6. The zero-order valence-electron chi connectivity index (χ0n) is 15.7. The van der Waals surface area contributed by atoms with Crippen LogP contribution in [0.4, 0.5) is 10.2 Å². The van der Waals surface area contributed by atoms with Crippen LogP contribution in [-0.2, 0) is 11.3 Å². The van der Waals surface area contributed by atoms with E-state index < -0.39 is 37.1 Å². The standard InChI is InChI=1S/C19H21ClFN5O3/c1-19(9-28)12(8-27)29-17(14(19)21)26-10-23-13-15(24-18(20)25-16(13)26)22-7-11-5-3-2-4-6-11/h2-6,10,12,14,17,27-28H,7-9H2,1H3,(H,22,24,25)/t12-,14+,17-,19?/m1/s1. The van der Waals surface area contributed by atoms with Crippen LogP contribution in [-0.4, -0.2) is 55.2 Å². The highest BCUT2D eigenvalue weighted by Gasteiger charge is 2.54. The van der Waals surface area contributed by atoms with E-state index in [0.29, 0.717) is 23.5 Å². The van der Waals surface area contributed by atoms with E-state index in [9.17, 15) is 10.2 Å². The fraction of sp³-hybridized carbons (Fsp3) is 0.421. The van der Waals surface area contributed by atoms with Gasteiger partial charge in [-0.05, 0) is 17.2 Å². The predicted molar refractivity (Wildman–Crippen MR) is 105 cm³/mol. The van der Waals surface area contributed by atoms with E-state index in [1.54, 1.807) is 0 Å². The molecule has 1 fully saturated rings. The topological polar surface area (TPSA) is 105 Å². The Labute approximate surface area is 171 Å². The Kier molecular flexibility index (Phi) is 5.39. The lowest BCUT2D eigenvalue weighted by molar-refractivity contribution is -0.0524. The molecular formula is C19H21ClFN5O3. The number of hydrogen-bond donors (Lipinski definition) is 3. The van der Waals surface area contributed by atoms with E-state index in [1.165, 1.54) is 17.8 Å². The maximum atomic E-state index is 15.2. The van der Waals surface area contributed by atoms with Gasteiger partial charge in [0.1, 0.15) is 0 Å². The van der Waals surface area contributed by atoms with Crippen molar-refractivity contribution in [3.8, 4) is 0 Å². The molecule has 29 heavy (non-hydrogen) atoms. The third-order valence-electron chi connectivity index (χ3n) is 5.40. The average Bonchev–Trinajstić information content (AvgIpc) is 3.26. The van der Waals surface area contributed by atoms with Crippen molar-refractivity contribution in [1.82, 2.24) is 19.5 Å². The van der Waals surface area contributed by atoms with Crippen LogP contribution in [0.1, 0.15) is 18.7 Å². The summed E-state index contributed by atoms with van der Waals surface area (Å²) >= 11 is 6.10. The van der Waals surface area contributed by atoms with E-state index in [2.05, 4.69) is 20.3 Å². The zero-order valence-corrected chi connectivity index (χ0v) is 16.4. The molecule has 0 radical (unpaired) electrons. The van der Waals surface area contributed by atoms with Gasteiger partial charge in [-0.1, -0.05) is 37.3 Å². The number of hydrogen-bond acceptors (Lipinski definition) is 7. The van der Waals surface area contributed by atoms with E-state index in [4.69, 9.17) is 16.3 Å². The largest absolute Gasteiger partial charge is 0.396 e. The van der Waals surface area contributed by atoms with Crippen LogP contribution in [0.3, 0.4) is 0 Å². The number of halogens is 2. The number of aliphatic hydroxyl groups excluding tert-OH is 2. The fourth-order valence-corrected chi connectivity index (χ4v) is 3.69. The summed E-state index contributed by atoms with van der Waals surface area (Å²) in [6, 6.07) is 9.73. The van der Waals surface area contributed by atoms with Gasteiger partial charge in [0.25, 0.3) is 0 Å². The fourth-order valence-electron chi connectivity index (χ4n) is 3.52. The van der Waals surface area contributed by atoms with Crippen LogP contribution in [0.2, 0.25) is 5.28 Å². The number of imidazole rings is 1. The number of alkyl halides is 1. The van der Waals surface area contributed by atoms with Crippen molar-refractivity contribution < 1.29 is 19.3 Å². The summed E-state index contributed by atoms with van der Waals surface area (Å²) in [5, 5.41) is 22.4. The normalized spacial score (nSPS) is 26.9. The van der Waals surface area contributed by atoms with Crippen LogP contribution in [0.15, 0.2) is 36.7 Å². The zero-order chi connectivity index (χ0) is 20.6. The smallest absolute Gasteiger partial charge is 0.226 e. The van der Waals surface area contributed by atoms with Gasteiger partial charge in [0, 0.05) is 6.54 Å². The summed E-state index contributed by atoms with van der Waals surface area (Å²) in [4.78, 5) is 12.7. The van der Waals surface area contributed by atoms with Crippen LogP contribution < -0.4 is 5.32 Å². The first-order valence-electron chi connectivity index (χ1n) is 9.17. The van der Waals surface area contributed by atoms with Gasteiger partial charge in [-0.15, -0.1) is 0 Å². The number of benzene rings is 1. The highest BCUT2D eigenvalue weighted by Crippen LogP contribution is 2.46. The van der Waals surface area contributed by atoms with Gasteiger partial charge in [-0.3, -0.25) is 4.57 Å². The van der Waals surface area contributed by atoms with Crippen LogP contribution >= 0.6 is 11.6 Å². The molecule has 3 aromatic rings. The van der Waals surface area contributed by atoms with Gasteiger partial charge >= 0.3 is 0 Å². The molecule has 8 nitrogen and oxygen atoms in total. The minimum atomic E-state index is -1.59. The second-order valence-corrected chi connectivity index (χ2v) is 7.61. The summed E-state index contributed by atoms with van der Waals surface area (Å²) in [5.74, 6) is 0.416. The van der Waals surface area contributed by atoms with Gasteiger partial charge in [-0.25, -0.2) is 9.37 Å². The summed E-state index contributed by atoms with van der Waals surface area (Å²) < 4.78 is 22.3. The quantitative estimate of drug-likeness (QED) is 0.524. The van der Waals surface area contributed by atoms with Gasteiger partial charge in [-0.2, -0.15) is 9.97 Å². The van der Waals surface area contributed by atoms with Crippen molar-refractivity contribution in [1.29, 1.82) is 0 Å². The van der Waals surface area contributed by atoms with E-state index >= 15 is 4.39 Å². The molecule has 3 heterocycles. The first-order chi connectivity index (χ1) is 14.0. The molecule has 1 unspecified atom stereocenters. The molecular weight excluding hydrogens is 401 g/mol.